The van der Waals surface area contributed by atoms with Gasteiger partial charge in [0.25, 0.3) is 5.91 Å². The van der Waals surface area contributed by atoms with Crippen molar-refractivity contribution in [3.8, 4) is 0 Å². The lowest BCUT2D eigenvalue weighted by molar-refractivity contribution is 0.0633. The quantitative estimate of drug-likeness (QED) is 0.906. The van der Waals surface area contributed by atoms with Crippen molar-refractivity contribution in [3.63, 3.8) is 0 Å². The molecule has 3 rings (SSSR count). The number of nitrogens with one attached hydrogen (secondary N) is 1. The fraction of sp³-hybridized carbons (Fsp3) is 0.400. The Morgan fingerprint density at radius 3 is 2.86 bits per heavy atom. The lowest BCUT2D eigenvalue weighted by Gasteiger charge is -2.36. The van der Waals surface area contributed by atoms with Crippen LogP contribution in [0.25, 0.3) is 0 Å². The van der Waals surface area contributed by atoms with Gasteiger partial charge in [-0.15, -0.1) is 12.4 Å². The first-order valence-corrected chi connectivity index (χ1v) is 7.08. The van der Waals surface area contributed by atoms with Crippen molar-refractivity contribution in [2.75, 3.05) is 19.6 Å². The van der Waals surface area contributed by atoms with Gasteiger partial charge in [-0.25, -0.2) is 0 Å². The average molecular weight is 322 g/mol. The third kappa shape index (κ3) is 2.98. The number of aromatic nitrogens is 3. The Hall–Kier alpha value is -1.92. The normalized spacial score (nSPS) is 17.9. The maximum Gasteiger partial charge on any atom is 0.257 e. The molecule has 2 aromatic rings. The summed E-state index contributed by atoms with van der Waals surface area (Å²) < 4.78 is 1.73. The number of piperazine rings is 1. The number of hydrogen-bond donors (Lipinski definition) is 1. The third-order valence-corrected chi connectivity index (χ3v) is 4.04. The number of halogens is 1. The second-order valence-electron chi connectivity index (χ2n) is 5.27. The molecule has 0 aromatic carbocycles. The molecule has 1 amide bonds. The molecule has 22 heavy (non-hydrogen) atoms. The maximum atomic E-state index is 12.8. The fourth-order valence-corrected chi connectivity index (χ4v) is 2.68. The molecule has 0 spiro atoms. The zero-order chi connectivity index (χ0) is 14.8. The molecule has 7 heteroatoms. The van der Waals surface area contributed by atoms with Gasteiger partial charge < -0.3 is 10.2 Å². The Kier molecular flexibility index (Phi) is 5.15. The van der Waals surface area contributed by atoms with Crippen molar-refractivity contribution in [2.45, 2.75) is 13.0 Å². The van der Waals surface area contributed by atoms with Gasteiger partial charge >= 0.3 is 0 Å². The molecular weight excluding hydrogens is 302 g/mol. The van der Waals surface area contributed by atoms with Crippen molar-refractivity contribution in [1.82, 2.24) is 25.0 Å². The topological polar surface area (TPSA) is 63.1 Å². The zero-order valence-corrected chi connectivity index (χ0v) is 13.5. The van der Waals surface area contributed by atoms with Gasteiger partial charge in [-0.1, -0.05) is 6.07 Å². The zero-order valence-electron chi connectivity index (χ0n) is 12.7. The molecule has 0 saturated carbocycles. The van der Waals surface area contributed by atoms with Gasteiger partial charge in [0.15, 0.2) is 0 Å². The number of carbonyl (C=O) groups is 1. The molecule has 2 aromatic heterocycles. The Morgan fingerprint density at radius 1 is 1.41 bits per heavy atom. The highest BCUT2D eigenvalue weighted by Gasteiger charge is 2.30. The molecule has 1 unspecified atom stereocenters. The van der Waals surface area contributed by atoms with Gasteiger partial charge in [0.05, 0.1) is 17.8 Å². The summed E-state index contributed by atoms with van der Waals surface area (Å²) in [6.45, 7) is 4.16. The van der Waals surface area contributed by atoms with E-state index in [1.54, 1.807) is 17.1 Å². The van der Waals surface area contributed by atoms with Crippen LogP contribution in [0.4, 0.5) is 0 Å². The minimum absolute atomic E-state index is 0. The van der Waals surface area contributed by atoms with Gasteiger partial charge in [0.2, 0.25) is 0 Å². The van der Waals surface area contributed by atoms with Crippen molar-refractivity contribution < 1.29 is 4.79 Å². The monoisotopic (exact) mass is 321 g/mol. The number of amides is 1. The molecule has 1 atom stereocenters. The number of aryl methyl sites for hydroxylation is 1. The number of pyridine rings is 1. The molecule has 6 nitrogen and oxygen atoms in total. The van der Waals surface area contributed by atoms with Crippen molar-refractivity contribution in [2.24, 2.45) is 7.05 Å². The Bertz CT molecular complexity index is 643. The average Bonchev–Trinajstić information content (AvgIpc) is 2.87. The summed E-state index contributed by atoms with van der Waals surface area (Å²) in [4.78, 5) is 18.9. The highest BCUT2D eigenvalue weighted by atomic mass is 35.5. The van der Waals surface area contributed by atoms with E-state index in [1.807, 2.05) is 37.2 Å². The van der Waals surface area contributed by atoms with Crippen LogP contribution in [0.5, 0.6) is 0 Å². The summed E-state index contributed by atoms with van der Waals surface area (Å²) in [5, 5.41) is 7.52. The molecule has 0 bridgehead atoms. The number of rotatable bonds is 2. The number of hydrogen-bond acceptors (Lipinski definition) is 4. The van der Waals surface area contributed by atoms with Crippen LogP contribution in [0.15, 0.2) is 30.7 Å². The number of carbonyl (C=O) groups excluding carboxylic acids is 1. The summed E-state index contributed by atoms with van der Waals surface area (Å²) in [5.41, 5.74) is 2.62. The van der Waals surface area contributed by atoms with E-state index in [1.165, 1.54) is 0 Å². The van der Waals surface area contributed by atoms with Crippen molar-refractivity contribution >= 4 is 18.3 Å². The van der Waals surface area contributed by atoms with E-state index in [0.29, 0.717) is 12.1 Å². The van der Waals surface area contributed by atoms with E-state index in [2.05, 4.69) is 15.4 Å². The predicted molar refractivity (Wildman–Crippen MR) is 86.1 cm³/mol. The van der Waals surface area contributed by atoms with Gasteiger partial charge in [0.1, 0.15) is 0 Å². The molecule has 0 radical (unpaired) electrons. The lowest BCUT2D eigenvalue weighted by atomic mass is 10.0. The van der Waals surface area contributed by atoms with E-state index in [9.17, 15) is 4.79 Å². The lowest BCUT2D eigenvalue weighted by Crippen LogP contribution is -2.48. The van der Waals surface area contributed by atoms with Crippen LogP contribution in [0, 0.1) is 6.92 Å². The Balaban J connectivity index is 0.00000176. The molecule has 118 valence electrons. The van der Waals surface area contributed by atoms with Crippen molar-refractivity contribution in [3.05, 3.63) is 47.5 Å². The van der Waals surface area contributed by atoms with E-state index in [0.717, 1.165) is 24.3 Å². The molecule has 0 aliphatic carbocycles. The highest BCUT2D eigenvalue weighted by molar-refractivity contribution is 5.95. The van der Waals surface area contributed by atoms with E-state index >= 15 is 0 Å². The highest BCUT2D eigenvalue weighted by Crippen LogP contribution is 2.24. The summed E-state index contributed by atoms with van der Waals surface area (Å²) in [6.07, 6.45) is 5.23. The second-order valence-corrected chi connectivity index (χ2v) is 5.27. The summed E-state index contributed by atoms with van der Waals surface area (Å²) >= 11 is 0. The van der Waals surface area contributed by atoms with Crippen LogP contribution in [0.3, 0.4) is 0 Å². The van der Waals surface area contributed by atoms with Crippen LogP contribution >= 0.6 is 12.4 Å². The van der Waals surface area contributed by atoms with Crippen molar-refractivity contribution in [1.29, 1.82) is 0 Å². The van der Waals surface area contributed by atoms with E-state index in [-0.39, 0.29) is 24.4 Å². The molecule has 1 aliphatic rings. The summed E-state index contributed by atoms with van der Waals surface area (Å²) in [7, 11) is 1.85. The standard InChI is InChI=1S/C15H19N5O.ClH/c1-11-13(9-18-19(11)2)15(21)20-7-6-17-10-14(20)12-4-3-5-16-8-12;/h3-5,8-9,14,17H,6-7,10H2,1-2H3;1H. The minimum atomic E-state index is 0. The first-order valence-electron chi connectivity index (χ1n) is 7.08. The van der Waals surface area contributed by atoms with Gasteiger partial charge in [0, 0.05) is 44.8 Å². The summed E-state index contributed by atoms with van der Waals surface area (Å²) in [5.74, 6) is 0.0379. The molecule has 1 aliphatic heterocycles. The fourth-order valence-electron chi connectivity index (χ4n) is 2.68. The molecule has 1 saturated heterocycles. The number of nitrogens with zero attached hydrogens (tertiary/aromatic N) is 4. The molecule has 1 N–H and O–H groups in total. The molecule has 1 fully saturated rings. The van der Waals surface area contributed by atoms with Crippen LogP contribution in [0.1, 0.15) is 27.7 Å². The molecular formula is C15H20ClN5O. The minimum Gasteiger partial charge on any atom is -0.329 e. The molecule has 3 heterocycles. The SMILES string of the molecule is Cc1c(C(=O)N2CCNCC2c2cccnc2)cnn1C.Cl. The first kappa shape index (κ1) is 16.5. The largest absolute Gasteiger partial charge is 0.329 e. The Morgan fingerprint density at radius 2 is 2.23 bits per heavy atom. The van der Waals surface area contributed by atoms with Crippen LogP contribution in [-0.2, 0) is 7.05 Å². The second kappa shape index (κ2) is 6.89. The van der Waals surface area contributed by atoms with Gasteiger partial charge in [-0.2, -0.15) is 5.10 Å². The Labute approximate surface area is 135 Å². The van der Waals surface area contributed by atoms with Gasteiger partial charge in [-0.05, 0) is 18.6 Å². The smallest absolute Gasteiger partial charge is 0.257 e. The third-order valence-electron chi connectivity index (χ3n) is 4.04. The van der Waals surface area contributed by atoms with Crippen LogP contribution in [0.2, 0.25) is 0 Å². The van der Waals surface area contributed by atoms with Gasteiger partial charge in [-0.3, -0.25) is 14.5 Å². The predicted octanol–water partition coefficient (Wildman–Crippen LogP) is 1.33. The maximum absolute atomic E-state index is 12.8. The van der Waals surface area contributed by atoms with Crippen LogP contribution in [-0.4, -0.2) is 45.2 Å². The summed E-state index contributed by atoms with van der Waals surface area (Å²) in [6, 6.07) is 3.93. The first-order chi connectivity index (χ1) is 10.2. The van der Waals surface area contributed by atoms with Crippen LogP contribution < -0.4 is 5.32 Å². The van der Waals surface area contributed by atoms with E-state index < -0.39 is 0 Å². The van der Waals surface area contributed by atoms with E-state index in [4.69, 9.17) is 0 Å².